The first kappa shape index (κ1) is 23.3. The third-order valence-corrected chi connectivity index (χ3v) is 7.99. The Labute approximate surface area is 217 Å². The Hall–Kier alpha value is -4.11. The van der Waals surface area contributed by atoms with E-state index in [1.165, 1.54) is 0 Å². The molecule has 8 nitrogen and oxygen atoms in total. The van der Waals surface area contributed by atoms with E-state index in [1.54, 1.807) is 17.4 Å². The number of benzene rings is 2. The number of amides is 1. The normalized spacial score (nSPS) is 14.4. The zero-order chi connectivity index (χ0) is 25.4. The van der Waals surface area contributed by atoms with Crippen LogP contribution in [0.4, 0.5) is 0 Å². The van der Waals surface area contributed by atoms with Gasteiger partial charge >= 0.3 is 0 Å². The molecule has 0 atom stereocenters. The average molecular weight is 512 g/mol. The molecule has 0 radical (unpaired) electrons. The van der Waals surface area contributed by atoms with Crippen molar-refractivity contribution in [2.75, 3.05) is 13.1 Å². The van der Waals surface area contributed by atoms with Gasteiger partial charge in [0.2, 0.25) is 5.91 Å². The van der Waals surface area contributed by atoms with Crippen LogP contribution in [0.15, 0.2) is 69.3 Å². The Morgan fingerprint density at radius 1 is 1.08 bits per heavy atom. The molecule has 9 heteroatoms. The number of aryl methyl sites for hydroxylation is 1. The molecule has 0 unspecified atom stereocenters. The molecule has 186 valence electrons. The molecule has 6 rings (SSSR count). The molecule has 5 aromatic rings. The topological polar surface area (TPSA) is 105 Å². The first-order valence-corrected chi connectivity index (χ1v) is 13.2. The number of aromatic amines is 1. The molecule has 37 heavy (non-hydrogen) atoms. The van der Waals surface area contributed by atoms with E-state index in [1.807, 2.05) is 60.4 Å². The summed E-state index contributed by atoms with van der Waals surface area (Å²) < 4.78 is 5.53. The zero-order valence-corrected chi connectivity index (χ0v) is 21.1. The highest BCUT2D eigenvalue weighted by molar-refractivity contribution is 7.10. The maximum Gasteiger partial charge on any atom is 0.272 e. The molecule has 1 fully saturated rings. The molecule has 0 bridgehead atoms. The van der Waals surface area contributed by atoms with Gasteiger partial charge in [-0.3, -0.25) is 9.59 Å². The van der Waals surface area contributed by atoms with E-state index in [4.69, 9.17) is 9.51 Å². The van der Waals surface area contributed by atoms with Crippen LogP contribution in [-0.2, 0) is 11.2 Å². The first-order chi connectivity index (χ1) is 18.1. The fourth-order valence-corrected chi connectivity index (χ4v) is 5.98. The summed E-state index contributed by atoms with van der Waals surface area (Å²) in [6.07, 6.45) is 1.87. The fourth-order valence-electron chi connectivity index (χ4n) is 4.99. The Morgan fingerprint density at radius 3 is 2.59 bits per heavy atom. The number of rotatable bonds is 5. The maximum absolute atomic E-state index is 13.1. The lowest BCUT2D eigenvalue weighted by atomic mass is 9.97. The van der Waals surface area contributed by atoms with E-state index >= 15 is 0 Å². The summed E-state index contributed by atoms with van der Waals surface area (Å²) >= 11 is 1.65. The number of carbonyl (C=O) groups is 1. The summed E-state index contributed by atoms with van der Waals surface area (Å²) in [5.41, 5.74) is 3.98. The van der Waals surface area contributed by atoms with Crippen molar-refractivity contribution in [1.82, 2.24) is 25.2 Å². The van der Waals surface area contributed by atoms with E-state index in [2.05, 4.69) is 20.7 Å². The van der Waals surface area contributed by atoms with Crippen LogP contribution in [0, 0.1) is 6.92 Å². The SMILES string of the molecule is Cc1onc(-c2ccccc2)c1-c1csc(C2CCN(C(=O)Cc3n[nH]c(=O)c4ccccc34)CC2)n1. The van der Waals surface area contributed by atoms with Gasteiger partial charge in [0.1, 0.15) is 11.5 Å². The molecule has 0 aliphatic carbocycles. The molecule has 1 saturated heterocycles. The number of nitrogens with one attached hydrogen (secondary N) is 1. The summed E-state index contributed by atoms with van der Waals surface area (Å²) in [5, 5.41) is 15.4. The quantitative estimate of drug-likeness (QED) is 0.358. The lowest BCUT2D eigenvalue weighted by Crippen LogP contribution is -2.39. The van der Waals surface area contributed by atoms with Crippen LogP contribution in [0.2, 0.25) is 0 Å². The number of likely N-dealkylation sites (tertiary alicyclic amines) is 1. The van der Waals surface area contributed by atoms with Gasteiger partial charge in [0.05, 0.1) is 33.8 Å². The molecule has 4 heterocycles. The number of hydrogen-bond acceptors (Lipinski definition) is 7. The van der Waals surface area contributed by atoms with Gasteiger partial charge in [-0.15, -0.1) is 11.3 Å². The monoisotopic (exact) mass is 511 g/mol. The number of piperidine rings is 1. The van der Waals surface area contributed by atoms with Crippen molar-refractivity contribution in [1.29, 1.82) is 0 Å². The molecule has 1 N–H and O–H groups in total. The second-order valence-electron chi connectivity index (χ2n) is 9.28. The Morgan fingerprint density at radius 2 is 1.81 bits per heavy atom. The number of fused-ring (bicyclic) bond motifs is 1. The van der Waals surface area contributed by atoms with Gasteiger partial charge < -0.3 is 9.42 Å². The lowest BCUT2D eigenvalue weighted by molar-refractivity contribution is -0.131. The van der Waals surface area contributed by atoms with Gasteiger partial charge in [0.25, 0.3) is 5.56 Å². The van der Waals surface area contributed by atoms with E-state index < -0.39 is 0 Å². The minimum atomic E-state index is -0.243. The highest BCUT2D eigenvalue weighted by Crippen LogP contribution is 2.38. The first-order valence-electron chi connectivity index (χ1n) is 12.3. The molecule has 0 saturated carbocycles. The van der Waals surface area contributed by atoms with E-state index in [0.717, 1.165) is 51.5 Å². The number of nitrogens with zero attached hydrogens (tertiary/aromatic N) is 4. The standard InChI is InChI=1S/C28H25N5O3S/c1-17-25(26(32-36-17)18-7-3-2-4-8-18)23-16-37-28(29-23)19-11-13-33(14-12-19)24(34)15-22-20-9-5-6-10-21(20)27(35)31-30-22/h2-10,16,19H,11-15H2,1H3,(H,31,35). The average Bonchev–Trinajstić information content (AvgIpc) is 3.58. The summed E-state index contributed by atoms with van der Waals surface area (Å²) in [6, 6.07) is 17.3. The van der Waals surface area contributed by atoms with Gasteiger partial charge in [-0.05, 0) is 25.8 Å². The smallest absolute Gasteiger partial charge is 0.272 e. The van der Waals surface area contributed by atoms with Crippen LogP contribution >= 0.6 is 11.3 Å². The van der Waals surface area contributed by atoms with Crippen LogP contribution < -0.4 is 5.56 Å². The van der Waals surface area contributed by atoms with Crippen LogP contribution in [0.1, 0.15) is 35.2 Å². The Bertz CT molecular complexity index is 1630. The lowest BCUT2D eigenvalue weighted by Gasteiger charge is -2.31. The van der Waals surface area contributed by atoms with Gasteiger partial charge in [-0.25, -0.2) is 10.1 Å². The maximum atomic E-state index is 13.1. The van der Waals surface area contributed by atoms with Crippen molar-refractivity contribution in [2.24, 2.45) is 0 Å². The molecule has 0 spiro atoms. The molecular weight excluding hydrogens is 486 g/mol. The molecular formula is C28H25N5O3S. The molecule has 1 amide bonds. The number of H-pyrrole nitrogens is 1. The highest BCUT2D eigenvalue weighted by Gasteiger charge is 2.27. The van der Waals surface area contributed by atoms with E-state index in [0.29, 0.717) is 30.1 Å². The fraction of sp³-hybridized carbons (Fsp3) is 0.250. The van der Waals surface area contributed by atoms with E-state index in [9.17, 15) is 9.59 Å². The number of carbonyl (C=O) groups excluding carboxylic acids is 1. The van der Waals surface area contributed by atoms with Crippen molar-refractivity contribution >= 4 is 28.0 Å². The number of aromatic nitrogens is 4. The van der Waals surface area contributed by atoms with Crippen molar-refractivity contribution in [3.05, 3.63) is 86.8 Å². The van der Waals surface area contributed by atoms with Gasteiger partial charge in [-0.2, -0.15) is 5.10 Å². The van der Waals surface area contributed by atoms with Crippen molar-refractivity contribution in [2.45, 2.75) is 32.1 Å². The van der Waals surface area contributed by atoms with Crippen LogP contribution in [0.25, 0.3) is 33.3 Å². The molecule has 3 aromatic heterocycles. The summed E-state index contributed by atoms with van der Waals surface area (Å²) in [4.78, 5) is 32.0. The van der Waals surface area contributed by atoms with Gasteiger partial charge in [0, 0.05) is 35.3 Å². The molecule has 1 aliphatic rings. The summed E-state index contributed by atoms with van der Waals surface area (Å²) in [5.74, 6) is 1.07. The van der Waals surface area contributed by atoms with Crippen molar-refractivity contribution in [3.63, 3.8) is 0 Å². The minimum absolute atomic E-state index is 0.0237. The second kappa shape index (κ2) is 9.74. The molecule has 1 aliphatic heterocycles. The highest BCUT2D eigenvalue weighted by atomic mass is 32.1. The Kier molecular flexibility index (Phi) is 6.13. The van der Waals surface area contributed by atoms with Crippen molar-refractivity contribution in [3.8, 4) is 22.5 Å². The molecule has 2 aromatic carbocycles. The zero-order valence-electron chi connectivity index (χ0n) is 20.3. The van der Waals surface area contributed by atoms with Gasteiger partial charge in [-0.1, -0.05) is 53.7 Å². The van der Waals surface area contributed by atoms with Crippen LogP contribution in [0.3, 0.4) is 0 Å². The third kappa shape index (κ3) is 4.46. The predicted molar refractivity (Wildman–Crippen MR) is 142 cm³/mol. The van der Waals surface area contributed by atoms with Crippen molar-refractivity contribution < 1.29 is 9.32 Å². The summed E-state index contributed by atoms with van der Waals surface area (Å²) in [6.45, 7) is 3.25. The minimum Gasteiger partial charge on any atom is -0.360 e. The largest absolute Gasteiger partial charge is 0.360 e. The van der Waals surface area contributed by atoms with Crippen LogP contribution in [-0.4, -0.2) is 44.2 Å². The predicted octanol–water partition coefficient (Wildman–Crippen LogP) is 4.96. The van der Waals surface area contributed by atoms with Gasteiger partial charge in [0.15, 0.2) is 0 Å². The van der Waals surface area contributed by atoms with Crippen LogP contribution in [0.5, 0.6) is 0 Å². The van der Waals surface area contributed by atoms with E-state index in [-0.39, 0.29) is 17.9 Å². The second-order valence-corrected chi connectivity index (χ2v) is 10.2. The summed E-state index contributed by atoms with van der Waals surface area (Å²) in [7, 11) is 0. The third-order valence-electron chi connectivity index (χ3n) is 6.98. The number of thiazole rings is 1. The number of hydrogen-bond donors (Lipinski definition) is 1. The Balaban J connectivity index is 1.14.